The largest absolute Gasteiger partial charge is 0.487 e. The lowest BCUT2D eigenvalue weighted by atomic mass is 10.0. The van der Waals surface area contributed by atoms with Crippen LogP contribution >= 0.6 is 0 Å². The highest BCUT2D eigenvalue weighted by Crippen LogP contribution is 2.33. The van der Waals surface area contributed by atoms with Gasteiger partial charge in [0.2, 0.25) is 0 Å². The molecule has 1 N–H and O–H groups in total. The van der Waals surface area contributed by atoms with Crippen LogP contribution in [0, 0.1) is 0 Å². The van der Waals surface area contributed by atoms with Gasteiger partial charge in [-0.2, -0.15) is 0 Å². The van der Waals surface area contributed by atoms with Crippen LogP contribution < -0.4 is 10.1 Å². The first-order chi connectivity index (χ1) is 8.33. The summed E-state index contributed by atoms with van der Waals surface area (Å²) in [5.74, 6) is 1.04. The molecule has 2 heterocycles. The molecule has 0 amide bonds. The van der Waals surface area contributed by atoms with Crippen molar-refractivity contribution in [2.24, 2.45) is 0 Å². The second kappa shape index (κ2) is 4.57. The normalized spacial score (nSPS) is 24.2. The van der Waals surface area contributed by atoms with E-state index in [4.69, 9.17) is 4.74 Å². The number of likely N-dealkylation sites (N-methyl/N-ethyl adjacent to an activating group) is 1. The van der Waals surface area contributed by atoms with E-state index in [0.717, 1.165) is 31.8 Å². The van der Waals surface area contributed by atoms with E-state index in [1.165, 1.54) is 24.1 Å². The van der Waals surface area contributed by atoms with Gasteiger partial charge in [0.1, 0.15) is 11.9 Å². The van der Waals surface area contributed by atoms with Gasteiger partial charge in [-0.25, -0.2) is 0 Å². The van der Waals surface area contributed by atoms with Crippen LogP contribution in [0.4, 0.5) is 5.69 Å². The van der Waals surface area contributed by atoms with Gasteiger partial charge in [0.25, 0.3) is 0 Å². The van der Waals surface area contributed by atoms with E-state index < -0.39 is 0 Å². The maximum Gasteiger partial charge on any atom is 0.143 e. The van der Waals surface area contributed by atoms with E-state index in [2.05, 4.69) is 35.5 Å². The minimum absolute atomic E-state index is 0.357. The Morgan fingerprint density at radius 3 is 3.18 bits per heavy atom. The molecule has 1 aromatic carbocycles. The van der Waals surface area contributed by atoms with Gasteiger partial charge in [0, 0.05) is 19.6 Å². The fourth-order valence-electron chi connectivity index (χ4n) is 2.75. The Morgan fingerprint density at radius 1 is 1.41 bits per heavy atom. The zero-order valence-electron chi connectivity index (χ0n) is 10.4. The van der Waals surface area contributed by atoms with E-state index in [1.54, 1.807) is 0 Å². The van der Waals surface area contributed by atoms with Crippen LogP contribution in [0.2, 0.25) is 0 Å². The molecule has 92 valence electrons. The molecular weight excluding hydrogens is 212 g/mol. The number of nitrogens with one attached hydrogen (secondary N) is 1. The number of anilines is 1. The summed E-state index contributed by atoms with van der Waals surface area (Å²) >= 11 is 0. The summed E-state index contributed by atoms with van der Waals surface area (Å²) in [5, 5.41) is 3.48. The summed E-state index contributed by atoms with van der Waals surface area (Å²) in [7, 11) is 2.15. The molecule has 0 radical (unpaired) electrons. The average molecular weight is 232 g/mol. The molecule has 2 aliphatic rings. The second-order valence-corrected chi connectivity index (χ2v) is 5.11. The van der Waals surface area contributed by atoms with E-state index >= 15 is 0 Å². The van der Waals surface area contributed by atoms with E-state index in [-0.39, 0.29) is 0 Å². The SMILES string of the molecule is CN1CCC(Oc2cccc3c2NCCC3)C1. The summed E-state index contributed by atoms with van der Waals surface area (Å²) in [4.78, 5) is 2.33. The van der Waals surface area contributed by atoms with Crippen LogP contribution in [-0.4, -0.2) is 37.7 Å². The average Bonchev–Trinajstić information content (AvgIpc) is 2.75. The van der Waals surface area contributed by atoms with Crippen molar-refractivity contribution in [3.63, 3.8) is 0 Å². The standard InChI is InChI=1S/C14H20N2O/c1-16-9-7-12(10-16)17-13-6-2-4-11-5-3-8-15-14(11)13/h2,4,6,12,15H,3,5,7-10H2,1H3. The van der Waals surface area contributed by atoms with Crippen molar-refractivity contribution < 1.29 is 4.74 Å². The molecule has 1 unspecified atom stereocenters. The van der Waals surface area contributed by atoms with Gasteiger partial charge in [-0.3, -0.25) is 0 Å². The number of hydrogen-bond acceptors (Lipinski definition) is 3. The molecule has 3 heteroatoms. The van der Waals surface area contributed by atoms with Crippen molar-refractivity contribution in [1.82, 2.24) is 4.90 Å². The van der Waals surface area contributed by atoms with Crippen molar-refractivity contribution in [3.05, 3.63) is 23.8 Å². The molecule has 0 spiro atoms. The van der Waals surface area contributed by atoms with Gasteiger partial charge < -0.3 is 15.0 Å². The number of fused-ring (bicyclic) bond motifs is 1. The molecule has 0 aliphatic carbocycles. The van der Waals surface area contributed by atoms with Crippen LogP contribution in [0.15, 0.2) is 18.2 Å². The monoisotopic (exact) mass is 232 g/mol. The van der Waals surface area contributed by atoms with Crippen LogP contribution in [0.3, 0.4) is 0 Å². The Balaban J connectivity index is 1.78. The maximum atomic E-state index is 6.14. The lowest BCUT2D eigenvalue weighted by Gasteiger charge is -2.23. The third-order valence-electron chi connectivity index (χ3n) is 3.68. The fourth-order valence-corrected chi connectivity index (χ4v) is 2.75. The summed E-state index contributed by atoms with van der Waals surface area (Å²) in [6.45, 7) is 3.26. The van der Waals surface area contributed by atoms with Gasteiger partial charge in [-0.1, -0.05) is 12.1 Å². The molecule has 0 saturated carbocycles. The molecule has 1 atom stereocenters. The quantitative estimate of drug-likeness (QED) is 0.845. The number of benzene rings is 1. The first-order valence-corrected chi connectivity index (χ1v) is 6.54. The number of nitrogens with zero attached hydrogens (tertiary/aromatic N) is 1. The number of likely N-dealkylation sites (tertiary alicyclic amines) is 1. The molecule has 2 aliphatic heterocycles. The van der Waals surface area contributed by atoms with Gasteiger partial charge in [0.15, 0.2) is 0 Å². The van der Waals surface area contributed by atoms with Gasteiger partial charge in [0.05, 0.1) is 5.69 Å². The van der Waals surface area contributed by atoms with Crippen LogP contribution in [0.25, 0.3) is 0 Å². The zero-order chi connectivity index (χ0) is 11.7. The molecule has 1 fully saturated rings. The van der Waals surface area contributed by atoms with Crippen molar-refractivity contribution in [3.8, 4) is 5.75 Å². The molecule has 1 aromatic rings. The molecule has 3 rings (SSSR count). The minimum Gasteiger partial charge on any atom is -0.487 e. The van der Waals surface area contributed by atoms with Crippen LogP contribution in [0.5, 0.6) is 5.75 Å². The Hall–Kier alpha value is -1.22. The predicted molar refractivity (Wildman–Crippen MR) is 69.8 cm³/mol. The lowest BCUT2D eigenvalue weighted by molar-refractivity contribution is 0.209. The van der Waals surface area contributed by atoms with Crippen molar-refractivity contribution in [1.29, 1.82) is 0 Å². The van der Waals surface area contributed by atoms with Gasteiger partial charge in [-0.05, 0) is 37.9 Å². The Bertz CT molecular complexity index is 405. The highest BCUT2D eigenvalue weighted by Gasteiger charge is 2.23. The number of ether oxygens (including phenoxy) is 1. The topological polar surface area (TPSA) is 24.5 Å². The Labute approximate surface area is 103 Å². The van der Waals surface area contributed by atoms with Crippen molar-refractivity contribution >= 4 is 5.69 Å². The van der Waals surface area contributed by atoms with Gasteiger partial charge in [-0.15, -0.1) is 0 Å². The second-order valence-electron chi connectivity index (χ2n) is 5.11. The van der Waals surface area contributed by atoms with Crippen molar-refractivity contribution in [2.75, 3.05) is 32.0 Å². The van der Waals surface area contributed by atoms with E-state index in [0.29, 0.717) is 6.10 Å². The molecule has 0 aromatic heterocycles. The summed E-state index contributed by atoms with van der Waals surface area (Å²) < 4.78 is 6.14. The zero-order valence-corrected chi connectivity index (χ0v) is 10.4. The highest BCUT2D eigenvalue weighted by atomic mass is 16.5. The van der Waals surface area contributed by atoms with Crippen LogP contribution in [0.1, 0.15) is 18.4 Å². The lowest BCUT2D eigenvalue weighted by Crippen LogP contribution is -2.22. The van der Waals surface area contributed by atoms with Crippen molar-refractivity contribution in [2.45, 2.75) is 25.4 Å². The Morgan fingerprint density at radius 2 is 2.35 bits per heavy atom. The number of para-hydroxylation sites is 1. The van der Waals surface area contributed by atoms with E-state index in [1.807, 2.05) is 0 Å². The fraction of sp³-hybridized carbons (Fsp3) is 0.571. The smallest absolute Gasteiger partial charge is 0.143 e. The molecule has 0 bridgehead atoms. The summed E-state index contributed by atoms with van der Waals surface area (Å²) in [6.07, 6.45) is 3.89. The van der Waals surface area contributed by atoms with E-state index in [9.17, 15) is 0 Å². The predicted octanol–water partition coefficient (Wildman–Crippen LogP) is 2.13. The minimum atomic E-state index is 0.357. The highest BCUT2D eigenvalue weighted by molar-refractivity contribution is 5.63. The van der Waals surface area contributed by atoms with Gasteiger partial charge >= 0.3 is 0 Å². The van der Waals surface area contributed by atoms with Crippen LogP contribution in [-0.2, 0) is 6.42 Å². The number of aryl methyl sites for hydroxylation is 1. The maximum absolute atomic E-state index is 6.14. The molecular formula is C14H20N2O. The molecule has 1 saturated heterocycles. The number of hydrogen-bond donors (Lipinski definition) is 1. The Kier molecular flexibility index (Phi) is 2.93. The third kappa shape index (κ3) is 2.25. The molecule has 3 nitrogen and oxygen atoms in total. The first-order valence-electron chi connectivity index (χ1n) is 6.54. The molecule has 17 heavy (non-hydrogen) atoms. The summed E-state index contributed by atoms with van der Waals surface area (Å²) in [5.41, 5.74) is 2.63. The third-order valence-corrected chi connectivity index (χ3v) is 3.68. The number of rotatable bonds is 2. The summed E-state index contributed by atoms with van der Waals surface area (Å²) in [6, 6.07) is 6.41. The first kappa shape index (κ1) is 10.9.